The number of allylic oxidation sites excluding steroid dienone is 1. The van der Waals surface area contributed by atoms with E-state index in [4.69, 9.17) is 9.47 Å². The minimum Gasteiger partial charge on any atom is -0.504 e. The van der Waals surface area contributed by atoms with E-state index in [1.54, 1.807) is 19.2 Å². The van der Waals surface area contributed by atoms with E-state index in [1.807, 2.05) is 19.1 Å². The molecule has 0 amide bonds. The van der Waals surface area contributed by atoms with Gasteiger partial charge in [0.2, 0.25) is 0 Å². The number of hydrogen-bond acceptors (Lipinski definition) is 4. The predicted octanol–water partition coefficient (Wildman–Crippen LogP) is 10.8. The summed E-state index contributed by atoms with van der Waals surface area (Å²) in [5.41, 5.74) is 4.24. The largest absolute Gasteiger partial charge is 0.504 e. The lowest BCUT2D eigenvalue weighted by Gasteiger charge is -2.63. The number of carbonyl (C=O) groups excluding carboxylic acids is 1. The van der Waals surface area contributed by atoms with Gasteiger partial charge in [0.15, 0.2) is 11.5 Å². The maximum absolute atomic E-state index is 13.8. The lowest BCUT2D eigenvalue weighted by atomic mass is 9.41. The van der Waals surface area contributed by atoms with Gasteiger partial charge < -0.3 is 14.6 Å². The van der Waals surface area contributed by atoms with Crippen LogP contribution in [0.4, 0.5) is 0 Å². The van der Waals surface area contributed by atoms with Gasteiger partial charge >= 0.3 is 5.97 Å². The van der Waals surface area contributed by atoms with Crippen LogP contribution in [0, 0.1) is 56.7 Å². The van der Waals surface area contributed by atoms with Crippen molar-refractivity contribution in [2.45, 2.75) is 132 Å². The molecule has 0 radical (unpaired) electrons. The smallest absolute Gasteiger partial charge is 0.334 e. The summed E-state index contributed by atoms with van der Waals surface area (Å²) in [6.07, 6.45) is 15.6. The highest BCUT2D eigenvalue weighted by Gasteiger charge is 2.84. The van der Waals surface area contributed by atoms with Crippen molar-refractivity contribution in [1.82, 2.24) is 0 Å². The fourth-order valence-corrected chi connectivity index (χ4v) is 12.7. The van der Waals surface area contributed by atoms with E-state index in [-0.39, 0.29) is 28.7 Å². The second-order valence-electron chi connectivity index (χ2n) is 18.0. The highest BCUT2D eigenvalue weighted by molar-refractivity contribution is 5.93. The molecule has 5 fully saturated rings. The van der Waals surface area contributed by atoms with Gasteiger partial charge in [-0.05, 0) is 153 Å². The zero-order chi connectivity index (χ0) is 33.4. The average molecular weight is 631 g/mol. The fourth-order valence-electron chi connectivity index (χ4n) is 12.7. The van der Waals surface area contributed by atoms with E-state index >= 15 is 0 Å². The molecular weight excluding hydrogens is 568 g/mol. The summed E-state index contributed by atoms with van der Waals surface area (Å²) in [5, 5.41) is 10.0. The van der Waals surface area contributed by atoms with Crippen LogP contribution >= 0.6 is 0 Å². The highest BCUT2D eigenvalue weighted by atomic mass is 16.5. The van der Waals surface area contributed by atoms with Gasteiger partial charge in [0.1, 0.15) is 6.10 Å². The van der Waals surface area contributed by atoms with Crippen molar-refractivity contribution in [3.63, 3.8) is 0 Å². The van der Waals surface area contributed by atoms with E-state index in [0.717, 1.165) is 36.7 Å². The monoisotopic (exact) mass is 630 g/mol. The van der Waals surface area contributed by atoms with Crippen LogP contribution in [0.1, 0.15) is 132 Å². The molecule has 1 N–H and O–H groups in total. The second kappa shape index (κ2) is 11.4. The first kappa shape index (κ1) is 33.7. The summed E-state index contributed by atoms with van der Waals surface area (Å²) in [4.78, 5) is 13.8. The molecule has 1 aromatic rings. The Hall–Kier alpha value is -2.23. The SMILES string of the molecule is C=C(CC[C@@H](C)[C@H]1CC[C@@]2(C)[C@@H]3CC[C@H]4C(C)(C)CCC(OC(=O)/C(C)=C/c5ccc(O)c(OC)c5)[C@@]45C[C@@]35CC[C@]12C)C(C)C. The molecule has 0 saturated heterocycles. The number of phenols is 1. The number of benzene rings is 1. The molecule has 0 aromatic heterocycles. The zero-order valence-electron chi connectivity index (χ0n) is 30.4. The van der Waals surface area contributed by atoms with E-state index < -0.39 is 0 Å². The van der Waals surface area contributed by atoms with Gasteiger partial charge in [0.25, 0.3) is 0 Å². The van der Waals surface area contributed by atoms with Crippen molar-refractivity contribution >= 4 is 12.0 Å². The van der Waals surface area contributed by atoms with E-state index in [9.17, 15) is 9.90 Å². The third-order valence-corrected chi connectivity index (χ3v) is 15.6. The predicted molar refractivity (Wildman–Crippen MR) is 187 cm³/mol. The van der Waals surface area contributed by atoms with Crippen molar-refractivity contribution in [2.24, 2.45) is 56.7 Å². The van der Waals surface area contributed by atoms with E-state index in [2.05, 4.69) is 55.0 Å². The standard InChI is InChI=1S/C42H62O4/c1-26(2)27(3)11-12-28(4)31-17-20-40(9)35-16-15-34-38(6,7)19-18-36(42(34)25-41(35,42)22-21-39(31,40)8)46-37(44)29(5)23-30-13-14-32(43)33(24-30)45-10/h13-14,23-24,26,28,31,34-36,43H,3,11-12,15-22,25H2,1-2,4-10H3/b29-23+/t28-,31-,34+,35+,36?,39-,40+,41+,42-/m1/s1. The number of esters is 1. The first-order valence-corrected chi connectivity index (χ1v) is 18.5. The van der Waals surface area contributed by atoms with Crippen LogP contribution in [-0.2, 0) is 9.53 Å². The van der Waals surface area contributed by atoms with Gasteiger partial charge in [-0.1, -0.05) is 66.7 Å². The molecular formula is C42H62O4. The molecule has 0 heterocycles. The molecule has 46 heavy (non-hydrogen) atoms. The summed E-state index contributed by atoms with van der Waals surface area (Å²) in [6, 6.07) is 5.19. The summed E-state index contributed by atoms with van der Waals surface area (Å²) in [6.45, 7) is 23.7. The van der Waals surface area contributed by atoms with Crippen LogP contribution in [0.2, 0.25) is 0 Å². The van der Waals surface area contributed by atoms with Crippen LogP contribution < -0.4 is 4.74 Å². The molecule has 5 saturated carbocycles. The molecule has 1 aromatic carbocycles. The Bertz CT molecular complexity index is 1400. The number of fused-ring (bicyclic) bond motifs is 2. The Morgan fingerprint density at radius 2 is 1.72 bits per heavy atom. The number of hydrogen-bond donors (Lipinski definition) is 1. The fraction of sp³-hybridized carbons (Fsp3) is 0.738. The molecule has 1 unspecified atom stereocenters. The van der Waals surface area contributed by atoms with E-state index in [1.165, 1.54) is 56.9 Å². The Kier molecular flexibility index (Phi) is 8.37. The van der Waals surface area contributed by atoms with Crippen LogP contribution in [0.25, 0.3) is 6.08 Å². The minimum absolute atomic E-state index is 0.00958. The lowest BCUT2D eigenvalue weighted by molar-refractivity contribution is -0.186. The van der Waals surface area contributed by atoms with Crippen LogP contribution in [-0.4, -0.2) is 24.3 Å². The van der Waals surface area contributed by atoms with Crippen molar-refractivity contribution in [3.8, 4) is 11.5 Å². The normalized spacial score (nSPS) is 39.8. The molecule has 5 aliphatic rings. The molecule has 254 valence electrons. The number of carbonyl (C=O) groups is 1. The van der Waals surface area contributed by atoms with Crippen LogP contribution in [0.5, 0.6) is 11.5 Å². The first-order valence-electron chi connectivity index (χ1n) is 18.5. The third kappa shape index (κ3) is 4.84. The lowest BCUT2D eigenvalue weighted by Crippen LogP contribution is -2.59. The second-order valence-corrected chi connectivity index (χ2v) is 18.0. The topological polar surface area (TPSA) is 55.8 Å². The Balaban J connectivity index is 1.25. The number of aromatic hydroxyl groups is 1. The van der Waals surface area contributed by atoms with Crippen molar-refractivity contribution in [1.29, 1.82) is 0 Å². The molecule has 4 heteroatoms. The van der Waals surface area contributed by atoms with Crippen molar-refractivity contribution in [3.05, 3.63) is 41.5 Å². The molecule has 9 atom stereocenters. The highest BCUT2D eigenvalue weighted by Crippen LogP contribution is 2.89. The van der Waals surface area contributed by atoms with Crippen LogP contribution in [0.15, 0.2) is 35.9 Å². The van der Waals surface area contributed by atoms with Gasteiger partial charge in [-0.2, -0.15) is 0 Å². The summed E-state index contributed by atoms with van der Waals surface area (Å²) >= 11 is 0. The maximum Gasteiger partial charge on any atom is 0.334 e. The van der Waals surface area contributed by atoms with Crippen LogP contribution in [0.3, 0.4) is 0 Å². The average Bonchev–Trinajstić information content (AvgIpc) is 3.61. The molecule has 5 aliphatic carbocycles. The molecule has 2 spiro atoms. The van der Waals surface area contributed by atoms with Gasteiger partial charge in [-0.3, -0.25) is 0 Å². The van der Waals surface area contributed by atoms with Crippen molar-refractivity contribution < 1.29 is 19.4 Å². The van der Waals surface area contributed by atoms with Gasteiger partial charge in [-0.25, -0.2) is 4.79 Å². The summed E-state index contributed by atoms with van der Waals surface area (Å²) in [5.74, 6) is 3.72. The van der Waals surface area contributed by atoms with Gasteiger partial charge in [-0.15, -0.1) is 0 Å². The number of rotatable bonds is 9. The van der Waals surface area contributed by atoms with Crippen molar-refractivity contribution in [2.75, 3.05) is 7.11 Å². The Labute approximate surface area is 279 Å². The number of ether oxygens (including phenoxy) is 2. The molecule has 4 nitrogen and oxygen atoms in total. The number of phenolic OH excluding ortho intramolecular Hbond substituents is 1. The maximum atomic E-state index is 13.8. The zero-order valence-corrected chi connectivity index (χ0v) is 30.4. The first-order chi connectivity index (χ1) is 21.6. The van der Waals surface area contributed by atoms with Gasteiger partial charge in [0.05, 0.1) is 7.11 Å². The Morgan fingerprint density at radius 3 is 2.41 bits per heavy atom. The molecule has 0 bridgehead atoms. The molecule has 0 aliphatic heterocycles. The Morgan fingerprint density at radius 1 is 1.00 bits per heavy atom. The minimum atomic E-state index is -0.196. The summed E-state index contributed by atoms with van der Waals surface area (Å²) in [7, 11) is 1.54. The number of methoxy groups -OCH3 is 1. The van der Waals surface area contributed by atoms with E-state index in [0.29, 0.717) is 45.3 Å². The third-order valence-electron chi connectivity index (χ3n) is 15.6. The molecule has 6 rings (SSSR count). The quantitative estimate of drug-likeness (QED) is 0.168. The summed E-state index contributed by atoms with van der Waals surface area (Å²) < 4.78 is 12.0. The van der Waals surface area contributed by atoms with Gasteiger partial charge in [0, 0.05) is 11.0 Å².